The number of rotatable bonds is 2. The average molecular weight is 358 g/mol. The smallest absolute Gasteiger partial charge is 0.335 e. The monoisotopic (exact) mass is 358 g/mol. The van der Waals surface area contributed by atoms with Crippen LogP contribution in [0.2, 0.25) is 0 Å². The number of hydrogen-bond acceptors (Lipinski definition) is 1. The van der Waals surface area contributed by atoms with Crippen molar-refractivity contribution in [2.24, 2.45) is 17.8 Å². The molecule has 2 aliphatic rings. The van der Waals surface area contributed by atoms with Crippen LogP contribution in [0.4, 0.5) is 8.78 Å². The molecule has 0 amide bonds. The maximum absolute atomic E-state index is 15.1. The maximum atomic E-state index is 15.1. The topological polar surface area (TPSA) is 37.3 Å². The first-order chi connectivity index (χ1) is 12.4. The molecule has 2 aromatic rings. The molecule has 0 saturated heterocycles. The van der Waals surface area contributed by atoms with Crippen LogP contribution in [-0.4, -0.2) is 11.1 Å². The van der Waals surface area contributed by atoms with Crippen LogP contribution in [-0.2, 0) is 0 Å². The van der Waals surface area contributed by atoms with E-state index >= 15 is 4.39 Å². The van der Waals surface area contributed by atoms with Crippen LogP contribution in [0, 0.1) is 29.4 Å². The first-order valence-corrected chi connectivity index (χ1v) is 9.59. The Morgan fingerprint density at radius 2 is 1.77 bits per heavy atom. The summed E-state index contributed by atoms with van der Waals surface area (Å²) >= 11 is 0. The van der Waals surface area contributed by atoms with Gasteiger partial charge >= 0.3 is 5.97 Å². The third-order valence-corrected chi connectivity index (χ3v) is 6.60. The summed E-state index contributed by atoms with van der Waals surface area (Å²) in [6.45, 7) is 2.32. The Kier molecular flexibility index (Phi) is 4.45. The lowest BCUT2D eigenvalue weighted by Gasteiger charge is -2.41. The highest BCUT2D eigenvalue weighted by atomic mass is 19.1. The second-order valence-corrected chi connectivity index (χ2v) is 8.28. The zero-order valence-electron chi connectivity index (χ0n) is 15.0. The van der Waals surface area contributed by atoms with E-state index < -0.39 is 17.6 Å². The molecule has 1 N–H and O–H groups in total. The number of carbonyl (C=O) groups is 1. The largest absolute Gasteiger partial charge is 0.478 e. The van der Waals surface area contributed by atoms with Gasteiger partial charge in [0.15, 0.2) is 0 Å². The summed E-state index contributed by atoms with van der Waals surface area (Å²) in [6, 6.07) is 5.65. The van der Waals surface area contributed by atoms with Crippen molar-refractivity contribution < 1.29 is 18.7 Å². The molecule has 26 heavy (non-hydrogen) atoms. The molecular weight excluding hydrogens is 334 g/mol. The van der Waals surface area contributed by atoms with Crippen LogP contribution in [0.1, 0.15) is 67.3 Å². The van der Waals surface area contributed by atoms with Crippen molar-refractivity contribution in [3.05, 3.63) is 47.0 Å². The standard InChI is InChI=1S/C22H24F2O2/c1-12-2-3-14-9-15(5-4-13(14)8-12)18-7-6-16-10-17(22(25)26)11-19(23)20(16)21(18)24/h6-7,10-15H,2-5,8-9H2,1H3,(H,25,26). The Bertz CT molecular complexity index is 861. The summed E-state index contributed by atoms with van der Waals surface area (Å²) in [5.74, 6) is -0.174. The van der Waals surface area contributed by atoms with Gasteiger partial charge < -0.3 is 5.11 Å². The van der Waals surface area contributed by atoms with Gasteiger partial charge in [-0.05, 0) is 78.9 Å². The van der Waals surface area contributed by atoms with Crippen molar-refractivity contribution in [1.82, 2.24) is 0 Å². The fourth-order valence-electron chi connectivity index (χ4n) is 5.23. The maximum Gasteiger partial charge on any atom is 0.335 e. The third kappa shape index (κ3) is 3.00. The molecule has 2 saturated carbocycles. The minimum Gasteiger partial charge on any atom is -0.478 e. The highest BCUT2D eigenvalue weighted by Crippen LogP contribution is 2.48. The summed E-state index contributed by atoms with van der Waals surface area (Å²) in [4.78, 5) is 11.1. The second-order valence-electron chi connectivity index (χ2n) is 8.28. The Morgan fingerprint density at radius 1 is 1.04 bits per heavy atom. The molecule has 0 aliphatic heterocycles. The van der Waals surface area contributed by atoms with Gasteiger partial charge in [0.05, 0.1) is 10.9 Å². The predicted octanol–water partition coefficient (Wildman–Crippen LogP) is 6.14. The Labute approximate surface area is 152 Å². The number of benzene rings is 2. The zero-order valence-corrected chi connectivity index (χ0v) is 15.0. The van der Waals surface area contributed by atoms with Crippen molar-refractivity contribution in [2.45, 2.75) is 51.4 Å². The van der Waals surface area contributed by atoms with Crippen molar-refractivity contribution in [1.29, 1.82) is 0 Å². The van der Waals surface area contributed by atoms with Gasteiger partial charge in [-0.2, -0.15) is 0 Å². The van der Waals surface area contributed by atoms with E-state index in [1.54, 1.807) is 12.1 Å². The molecule has 2 nitrogen and oxygen atoms in total. The minimum absolute atomic E-state index is 0.0770. The Hall–Kier alpha value is -1.97. The molecule has 4 unspecified atom stereocenters. The van der Waals surface area contributed by atoms with Crippen LogP contribution in [0.15, 0.2) is 24.3 Å². The van der Waals surface area contributed by atoms with Crippen molar-refractivity contribution in [3.8, 4) is 0 Å². The van der Waals surface area contributed by atoms with E-state index in [-0.39, 0.29) is 16.9 Å². The number of hydrogen-bond donors (Lipinski definition) is 1. The highest BCUT2D eigenvalue weighted by Gasteiger charge is 2.35. The molecule has 2 aromatic carbocycles. The van der Waals surface area contributed by atoms with Crippen LogP contribution in [0.25, 0.3) is 10.8 Å². The third-order valence-electron chi connectivity index (χ3n) is 6.60. The molecule has 4 rings (SSSR count). The summed E-state index contributed by atoms with van der Waals surface area (Å²) in [5, 5.41) is 9.30. The van der Waals surface area contributed by atoms with Crippen molar-refractivity contribution >= 4 is 16.7 Å². The van der Waals surface area contributed by atoms with Gasteiger partial charge in [-0.3, -0.25) is 0 Å². The Balaban J connectivity index is 1.67. The quantitative estimate of drug-likeness (QED) is 0.700. The van der Waals surface area contributed by atoms with Crippen molar-refractivity contribution in [2.75, 3.05) is 0 Å². The molecule has 0 radical (unpaired) electrons. The van der Waals surface area contributed by atoms with E-state index in [4.69, 9.17) is 5.11 Å². The molecule has 0 aromatic heterocycles. The number of aromatic carboxylic acids is 1. The van der Waals surface area contributed by atoms with E-state index in [2.05, 4.69) is 6.92 Å². The SMILES string of the molecule is CC1CCC2CC(c3ccc4cc(C(=O)O)cc(F)c4c3F)CCC2C1. The van der Waals surface area contributed by atoms with Gasteiger partial charge in [0.25, 0.3) is 0 Å². The molecule has 0 spiro atoms. The van der Waals surface area contributed by atoms with Gasteiger partial charge in [-0.15, -0.1) is 0 Å². The number of fused-ring (bicyclic) bond motifs is 2. The molecule has 2 fully saturated rings. The normalized spacial score (nSPS) is 28.7. The number of halogens is 2. The first kappa shape index (κ1) is 17.4. The molecule has 4 heteroatoms. The van der Waals surface area contributed by atoms with Crippen molar-refractivity contribution in [3.63, 3.8) is 0 Å². The summed E-state index contributed by atoms with van der Waals surface area (Å²) in [5.41, 5.74) is 0.440. The number of carboxylic acids is 1. The van der Waals surface area contributed by atoms with Gasteiger partial charge in [-0.1, -0.05) is 25.5 Å². The summed E-state index contributed by atoms with van der Waals surface area (Å²) in [6.07, 6.45) is 6.80. The molecule has 0 bridgehead atoms. The van der Waals surface area contributed by atoms with Crippen LogP contribution >= 0.6 is 0 Å². The second kappa shape index (κ2) is 6.64. The fourth-order valence-corrected chi connectivity index (χ4v) is 5.23. The van der Waals surface area contributed by atoms with Gasteiger partial charge in [0, 0.05) is 0 Å². The van der Waals surface area contributed by atoms with Crippen LogP contribution in [0.5, 0.6) is 0 Å². The predicted molar refractivity (Wildman–Crippen MR) is 97.4 cm³/mol. The van der Waals surface area contributed by atoms with Crippen LogP contribution in [0.3, 0.4) is 0 Å². The van der Waals surface area contributed by atoms with E-state index in [1.165, 1.54) is 25.3 Å². The molecule has 4 atom stereocenters. The molecular formula is C22H24F2O2. The van der Waals surface area contributed by atoms with Gasteiger partial charge in [-0.25, -0.2) is 13.6 Å². The lowest BCUT2D eigenvalue weighted by Crippen LogP contribution is -2.30. The van der Waals surface area contributed by atoms with Gasteiger partial charge in [0.1, 0.15) is 11.6 Å². The van der Waals surface area contributed by atoms with Crippen LogP contribution < -0.4 is 0 Å². The minimum atomic E-state index is -1.21. The molecule has 2 aliphatic carbocycles. The first-order valence-electron chi connectivity index (χ1n) is 9.59. The number of carboxylic acid groups (broad SMARTS) is 1. The lowest BCUT2D eigenvalue weighted by atomic mass is 9.64. The Morgan fingerprint density at radius 3 is 2.54 bits per heavy atom. The molecule has 138 valence electrons. The van der Waals surface area contributed by atoms with Gasteiger partial charge in [0.2, 0.25) is 0 Å². The average Bonchev–Trinajstić information content (AvgIpc) is 2.61. The highest BCUT2D eigenvalue weighted by molar-refractivity contribution is 5.95. The van der Waals surface area contributed by atoms with E-state index in [9.17, 15) is 9.18 Å². The fraction of sp³-hybridized carbons (Fsp3) is 0.500. The molecule has 0 heterocycles. The van der Waals surface area contributed by atoms with E-state index in [0.717, 1.165) is 37.2 Å². The summed E-state index contributed by atoms with van der Waals surface area (Å²) < 4.78 is 29.6. The zero-order chi connectivity index (χ0) is 18.4. The van der Waals surface area contributed by atoms with E-state index in [0.29, 0.717) is 16.9 Å². The summed E-state index contributed by atoms with van der Waals surface area (Å²) in [7, 11) is 0. The lowest BCUT2D eigenvalue weighted by molar-refractivity contribution is 0.0696. The van der Waals surface area contributed by atoms with E-state index in [1.807, 2.05) is 0 Å².